The van der Waals surface area contributed by atoms with Gasteiger partial charge in [-0.15, -0.1) is 0 Å². The number of carboxylic acid groups (broad SMARTS) is 1. The minimum atomic E-state index is -1.13. The van der Waals surface area contributed by atoms with E-state index in [4.69, 9.17) is 9.84 Å². The number of hydrogen-bond donors (Lipinski definition) is 3. The third-order valence-corrected chi connectivity index (χ3v) is 2.66. The van der Waals surface area contributed by atoms with Crippen LogP contribution in [0.5, 0.6) is 5.75 Å². The predicted octanol–water partition coefficient (Wildman–Crippen LogP) is 1.84. The van der Waals surface area contributed by atoms with Gasteiger partial charge in [0.05, 0.1) is 23.3 Å². The van der Waals surface area contributed by atoms with Crippen LogP contribution >= 0.6 is 0 Å². The third kappa shape index (κ3) is 4.26. The molecule has 0 aromatic heterocycles. The Balaban J connectivity index is 2.84. The molecule has 3 N–H and O–H groups in total. The molecule has 0 radical (unpaired) electrons. The maximum Gasteiger partial charge on any atom is 0.335 e. The summed E-state index contributed by atoms with van der Waals surface area (Å²) in [5.41, 5.74) is -0.583. The smallest absolute Gasteiger partial charge is 0.335 e. The van der Waals surface area contributed by atoms with Gasteiger partial charge in [0.15, 0.2) is 0 Å². The fourth-order valence-corrected chi connectivity index (χ4v) is 1.42. The Bertz CT molecular complexity index is 496. The molecule has 1 rings (SSSR count). The second kappa shape index (κ2) is 5.71. The van der Waals surface area contributed by atoms with Crippen LogP contribution in [0.2, 0.25) is 0 Å². The summed E-state index contributed by atoms with van der Waals surface area (Å²) in [6.45, 7) is 3.50. The third-order valence-electron chi connectivity index (χ3n) is 2.66. The van der Waals surface area contributed by atoms with Gasteiger partial charge in [0.2, 0.25) is 5.91 Å². The molecule has 1 aromatic carbocycles. The number of ether oxygens (including phenoxy) is 1. The monoisotopic (exact) mass is 267 g/mol. The molecule has 0 spiro atoms. The maximum absolute atomic E-state index is 11.8. The lowest BCUT2D eigenvalue weighted by Crippen LogP contribution is -2.29. The van der Waals surface area contributed by atoms with Gasteiger partial charge in [0.1, 0.15) is 5.75 Å². The number of amides is 1. The van der Waals surface area contributed by atoms with Crippen molar-refractivity contribution in [2.75, 3.05) is 12.4 Å². The van der Waals surface area contributed by atoms with Crippen molar-refractivity contribution >= 4 is 17.6 Å². The summed E-state index contributed by atoms with van der Waals surface area (Å²) in [5, 5.41) is 20.9. The van der Waals surface area contributed by atoms with Crippen molar-refractivity contribution in [3.8, 4) is 5.75 Å². The van der Waals surface area contributed by atoms with Crippen LogP contribution in [0.4, 0.5) is 5.69 Å². The summed E-state index contributed by atoms with van der Waals surface area (Å²) in [5.74, 6) is -1.69. The van der Waals surface area contributed by atoms with E-state index in [1.165, 1.54) is 25.3 Å². The quantitative estimate of drug-likeness (QED) is 0.707. The van der Waals surface area contributed by atoms with Crippen molar-refractivity contribution in [2.24, 2.45) is 0 Å². The van der Waals surface area contributed by atoms with Crippen LogP contribution in [0.3, 0.4) is 0 Å². The van der Waals surface area contributed by atoms with Crippen LogP contribution < -0.4 is 5.32 Å². The average molecular weight is 267 g/mol. The van der Waals surface area contributed by atoms with Gasteiger partial charge in [-0.2, -0.15) is 0 Å². The molecule has 6 heteroatoms. The van der Waals surface area contributed by atoms with Gasteiger partial charge < -0.3 is 20.3 Å². The first-order valence-corrected chi connectivity index (χ1v) is 5.66. The molecule has 0 fully saturated rings. The minimum absolute atomic E-state index is 0.0147. The Morgan fingerprint density at radius 2 is 2.00 bits per heavy atom. The first-order valence-electron chi connectivity index (χ1n) is 5.66. The van der Waals surface area contributed by atoms with Crippen molar-refractivity contribution in [1.29, 1.82) is 0 Å². The molecule has 1 aromatic rings. The predicted molar refractivity (Wildman–Crippen MR) is 69.4 cm³/mol. The minimum Gasteiger partial charge on any atom is -0.506 e. The summed E-state index contributed by atoms with van der Waals surface area (Å²) in [6.07, 6.45) is 0.0836. The molecule has 0 aliphatic carbocycles. The van der Waals surface area contributed by atoms with Crippen LogP contribution in [0, 0.1) is 0 Å². The zero-order chi connectivity index (χ0) is 14.6. The van der Waals surface area contributed by atoms with E-state index in [-0.39, 0.29) is 29.3 Å². The van der Waals surface area contributed by atoms with E-state index >= 15 is 0 Å². The second-order valence-corrected chi connectivity index (χ2v) is 4.73. The Morgan fingerprint density at radius 1 is 1.37 bits per heavy atom. The lowest BCUT2D eigenvalue weighted by molar-refractivity contribution is -0.121. The summed E-state index contributed by atoms with van der Waals surface area (Å²) < 4.78 is 5.12. The standard InChI is InChI=1S/C13H17NO5/c1-13(2,19-3)7-11(16)14-9-6-8(12(17)18)4-5-10(9)15/h4-6,15H,7H2,1-3H3,(H,14,16)(H,17,18). The van der Waals surface area contributed by atoms with E-state index in [2.05, 4.69) is 5.32 Å². The molecule has 19 heavy (non-hydrogen) atoms. The molecule has 0 atom stereocenters. The van der Waals surface area contributed by atoms with Crippen molar-refractivity contribution in [3.05, 3.63) is 23.8 Å². The van der Waals surface area contributed by atoms with Crippen molar-refractivity contribution in [2.45, 2.75) is 25.9 Å². The van der Waals surface area contributed by atoms with Crippen LogP contribution in [0.25, 0.3) is 0 Å². The molecule has 0 heterocycles. The highest BCUT2D eigenvalue weighted by molar-refractivity contribution is 5.95. The fraction of sp³-hybridized carbons (Fsp3) is 0.385. The van der Waals surface area contributed by atoms with Gasteiger partial charge in [0.25, 0.3) is 0 Å². The van der Waals surface area contributed by atoms with Gasteiger partial charge in [-0.1, -0.05) is 0 Å². The number of methoxy groups -OCH3 is 1. The number of phenolic OH excluding ortho intramolecular Hbond substituents is 1. The first kappa shape index (κ1) is 15.0. The van der Waals surface area contributed by atoms with E-state index in [0.29, 0.717) is 0 Å². The van der Waals surface area contributed by atoms with E-state index in [9.17, 15) is 14.7 Å². The Hall–Kier alpha value is -2.08. The highest BCUT2D eigenvalue weighted by Gasteiger charge is 2.21. The number of hydrogen-bond acceptors (Lipinski definition) is 4. The van der Waals surface area contributed by atoms with Crippen LogP contribution in [-0.4, -0.2) is 34.8 Å². The second-order valence-electron chi connectivity index (χ2n) is 4.73. The summed E-state index contributed by atoms with van der Waals surface area (Å²) >= 11 is 0. The number of carbonyl (C=O) groups excluding carboxylic acids is 1. The van der Waals surface area contributed by atoms with E-state index < -0.39 is 11.6 Å². The first-order chi connectivity index (χ1) is 8.75. The molecule has 0 unspecified atom stereocenters. The maximum atomic E-state index is 11.8. The van der Waals surface area contributed by atoms with Crippen LogP contribution in [0.15, 0.2) is 18.2 Å². The largest absolute Gasteiger partial charge is 0.506 e. The van der Waals surface area contributed by atoms with Crippen LogP contribution in [0.1, 0.15) is 30.6 Å². The summed E-state index contributed by atoms with van der Waals surface area (Å²) in [4.78, 5) is 22.6. The van der Waals surface area contributed by atoms with Gasteiger partial charge in [-0.3, -0.25) is 4.79 Å². The summed E-state index contributed by atoms with van der Waals surface area (Å²) in [6, 6.07) is 3.68. The van der Waals surface area contributed by atoms with Crippen molar-refractivity contribution in [3.63, 3.8) is 0 Å². The number of aromatic hydroxyl groups is 1. The highest BCUT2D eigenvalue weighted by Crippen LogP contribution is 2.25. The Morgan fingerprint density at radius 3 is 2.53 bits per heavy atom. The molecular formula is C13H17NO5. The zero-order valence-corrected chi connectivity index (χ0v) is 11.1. The van der Waals surface area contributed by atoms with Crippen molar-refractivity contribution in [1.82, 2.24) is 0 Å². The molecule has 6 nitrogen and oxygen atoms in total. The highest BCUT2D eigenvalue weighted by atomic mass is 16.5. The normalized spacial score (nSPS) is 11.1. The molecule has 0 aliphatic heterocycles. The molecule has 0 bridgehead atoms. The zero-order valence-electron chi connectivity index (χ0n) is 11.1. The van der Waals surface area contributed by atoms with Crippen LogP contribution in [-0.2, 0) is 9.53 Å². The fourth-order valence-electron chi connectivity index (χ4n) is 1.42. The number of nitrogens with one attached hydrogen (secondary N) is 1. The molecular weight excluding hydrogens is 250 g/mol. The Kier molecular flexibility index (Phi) is 4.50. The summed E-state index contributed by atoms with van der Waals surface area (Å²) in [7, 11) is 1.50. The SMILES string of the molecule is COC(C)(C)CC(=O)Nc1cc(C(=O)O)ccc1O. The van der Waals surface area contributed by atoms with E-state index in [1.54, 1.807) is 13.8 Å². The molecule has 0 saturated heterocycles. The average Bonchev–Trinajstić information content (AvgIpc) is 2.31. The van der Waals surface area contributed by atoms with Gasteiger partial charge >= 0.3 is 5.97 Å². The van der Waals surface area contributed by atoms with Gasteiger partial charge in [-0.25, -0.2) is 4.79 Å². The number of anilines is 1. The number of phenols is 1. The topological polar surface area (TPSA) is 95.9 Å². The number of carbonyl (C=O) groups is 2. The van der Waals surface area contributed by atoms with Gasteiger partial charge in [0, 0.05) is 7.11 Å². The van der Waals surface area contributed by atoms with E-state index in [0.717, 1.165) is 0 Å². The lowest BCUT2D eigenvalue weighted by Gasteiger charge is -2.22. The van der Waals surface area contributed by atoms with Gasteiger partial charge in [-0.05, 0) is 32.0 Å². The Labute approximate surface area is 111 Å². The number of carboxylic acids is 1. The number of rotatable bonds is 5. The molecule has 0 aliphatic rings. The molecule has 104 valence electrons. The number of benzene rings is 1. The molecule has 1 amide bonds. The number of aromatic carboxylic acids is 1. The lowest BCUT2D eigenvalue weighted by atomic mass is 10.0. The molecule has 0 saturated carbocycles. The van der Waals surface area contributed by atoms with Crippen molar-refractivity contribution < 1.29 is 24.5 Å². The van der Waals surface area contributed by atoms with E-state index in [1.807, 2.05) is 0 Å².